The zero-order chi connectivity index (χ0) is 20.6. The number of benzene rings is 1. The van der Waals surface area contributed by atoms with Crippen LogP contribution >= 0.6 is 23.2 Å². The monoisotopic (exact) mass is 432 g/mol. The molecule has 1 aromatic carbocycles. The van der Waals surface area contributed by atoms with E-state index in [4.69, 9.17) is 27.9 Å². The second kappa shape index (κ2) is 7.98. The summed E-state index contributed by atoms with van der Waals surface area (Å²) in [5.41, 5.74) is 2.14. The molecule has 0 atom stereocenters. The Bertz CT molecular complexity index is 1020. The van der Waals surface area contributed by atoms with Crippen molar-refractivity contribution in [1.29, 1.82) is 5.26 Å². The maximum Gasteiger partial charge on any atom is 0.283 e. The lowest BCUT2D eigenvalue weighted by Crippen LogP contribution is -2.64. The lowest BCUT2D eigenvalue weighted by Gasteiger charge is -2.58. The second-order valence-electron chi connectivity index (χ2n) is 8.16. The Morgan fingerprint density at radius 3 is 2.86 bits per heavy atom. The number of likely N-dealkylation sites (tertiary alicyclic amines) is 1. The number of halogens is 2. The quantitative estimate of drug-likeness (QED) is 0.751. The van der Waals surface area contributed by atoms with Crippen LogP contribution < -0.4 is 10.3 Å². The summed E-state index contributed by atoms with van der Waals surface area (Å²) in [7, 11) is 0. The number of hydrogen-bond donors (Lipinski definition) is 1. The summed E-state index contributed by atoms with van der Waals surface area (Å²) >= 11 is 12.1. The number of aromatic nitrogens is 2. The van der Waals surface area contributed by atoms with Crippen molar-refractivity contribution >= 4 is 23.2 Å². The molecule has 2 fully saturated rings. The number of nitrogens with one attached hydrogen (secondary N) is 1. The summed E-state index contributed by atoms with van der Waals surface area (Å²) in [6.45, 7) is 5.02. The lowest BCUT2D eigenvalue weighted by atomic mass is 9.61. The predicted octanol–water partition coefficient (Wildman–Crippen LogP) is 3.73. The third-order valence-corrected chi connectivity index (χ3v) is 6.73. The minimum Gasteiger partial charge on any atom is -0.490 e. The van der Waals surface area contributed by atoms with Crippen LogP contribution in [0.25, 0.3) is 0 Å². The molecular formula is C21H22Cl2N4O2. The first-order valence-electron chi connectivity index (χ1n) is 9.71. The largest absolute Gasteiger partial charge is 0.490 e. The minimum atomic E-state index is -0.328. The molecule has 1 aromatic heterocycles. The van der Waals surface area contributed by atoms with Gasteiger partial charge in [0, 0.05) is 24.1 Å². The van der Waals surface area contributed by atoms with E-state index >= 15 is 0 Å². The van der Waals surface area contributed by atoms with E-state index in [0.717, 1.165) is 62.2 Å². The molecule has 152 valence electrons. The molecule has 1 aliphatic carbocycles. The lowest BCUT2D eigenvalue weighted by molar-refractivity contribution is -0.119. The Morgan fingerprint density at radius 2 is 2.14 bits per heavy atom. The smallest absolute Gasteiger partial charge is 0.283 e. The average Bonchev–Trinajstić information content (AvgIpc) is 2.63. The minimum absolute atomic E-state index is 0.199. The van der Waals surface area contributed by atoms with Crippen LogP contribution in [-0.4, -0.2) is 40.8 Å². The summed E-state index contributed by atoms with van der Waals surface area (Å²) in [6, 6.07) is 5.72. The molecular weight excluding hydrogens is 411 g/mol. The molecule has 0 unspecified atom stereocenters. The van der Waals surface area contributed by atoms with Crippen molar-refractivity contribution in [3.8, 4) is 11.8 Å². The highest BCUT2D eigenvalue weighted by Gasteiger charge is 2.53. The molecule has 1 saturated heterocycles. The van der Waals surface area contributed by atoms with E-state index in [-0.39, 0.29) is 16.7 Å². The van der Waals surface area contributed by atoms with Crippen molar-refractivity contribution in [2.75, 3.05) is 19.6 Å². The number of nitrogens with zero attached hydrogens (tertiary/aromatic N) is 3. The Balaban J connectivity index is 1.21. The predicted molar refractivity (Wildman–Crippen MR) is 112 cm³/mol. The van der Waals surface area contributed by atoms with Gasteiger partial charge in [0.1, 0.15) is 16.8 Å². The van der Waals surface area contributed by atoms with Crippen molar-refractivity contribution in [2.45, 2.75) is 38.7 Å². The van der Waals surface area contributed by atoms with Gasteiger partial charge in [-0.05, 0) is 56.8 Å². The third kappa shape index (κ3) is 4.00. The summed E-state index contributed by atoms with van der Waals surface area (Å²) in [4.78, 5) is 13.9. The first kappa shape index (κ1) is 20.2. The van der Waals surface area contributed by atoms with Crippen molar-refractivity contribution in [3.05, 3.63) is 55.4 Å². The van der Waals surface area contributed by atoms with Gasteiger partial charge in [-0.15, -0.1) is 0 Å². The van der Waals surface area contributed by atoms with E-state index in [1.54, 1.807) is 12.3 Å². The Hall–Kier alpha value is -2.07. The van der Waals surface area contributed by atoms with Crippen LogP contribution in [0.3, 0.4) is 0 Å². The molecule has 2 heterocycles. The number of nitriles is 1. The first-order chi connectivity index (χ1) is 13.9. The maximum absolute atomic E-state index is 11.5. The van der Waals surface area contributed by atoms with Crippen LogP contribution in [0, 0.1) is 23.7 Å². The zero-order valence-corrected chi connectivity index (χ0v) is 17.7. The van der Waals surface area contributed by atoms with Gasteiger partial charge in [0.2, 0.25) is 0 Å². The molecule has 6 nitrogen and oxygen atoms in total. The fourth-order valence-corrected chi connectivity index (χ4v) is 4.93. The highest BCUT2D eigenvalue weighted by atomic mass is 35.5. The molecule has 4 rings (SSSR count). The number of aryl methyl sites for hydroxylation is 1. The SMILES string of the molecule is Cc1c(OC2CC3(C2)CN(CCCc2cn[nH]c(=O)c2Cl)C3)ccc(Cl)c1C#N. The molecule has 1 saturated carbocycles. The topological polar surface area (TPSA) is 82.0 Å². The number of rotatable bonds is 6. The normalized spacial score (nSPS) is 18.1. The molecule has 2 aliphatic rings. The number of ether oxygens (including phenoxy) is 1. The van der Waals surface area contributed by atoms with E-state index in [1.807, 2.05) is 13.0 Å². The van der Waals surface area contributed by atoms with Crippen LogP contribution in [0.4, 0.5) is 0 Å². The van der Waals surface area contributed by atoms with E-state index in [1.165, 1.54) is 0 Å². The Labute approximate surface area is 179 Å². The molecule has 8 heteroatoms. The number of H-pyrrole nitrogens is 1. The zero-order valence-electron chi connectivity index (χ0n) is 16.2. The Kier molecular flexibility index (Phi) is 5.56. The van der Waals surface area contributed by atoms with Crippen LogP contribution in [0.5, 0.6) is 5.75 Å². The van der Waals surface area contributed by atoms with Gasteiger partial charge in [-0.25, -0.2) is 5.10 Å². The van der Waals surface area contributed by atoms with E-state index in [2.05, 4.69) is 21.2 Å². The molecule has 0 amide bonds. The van der Waals surface area contributed by atoms with Crippen molar-refractivity contribution < 1.29 is 4.74 Å². The summed E-state index contributed by atoms with van der Waals surface area (Å²) < 4.78 is 6.13. The van der Waals surface area contributed by atoms with E-state index < -0.39 is 0 Å². The van der Waals surface area contributed by atoms with Crippen LogP contribution in [0.1, 0.15) is 36.0 Å². The average molecular weight is 433 g/mol. The molecule has 29 heavy (non-hydrogen) atoms. The van der Waals surface area contributed by atoms with Gasteiger partial charge >= 0.3 is 0 Å². The van der Waals surface area contributed by atoms with Gasteiger partial charge < -0.3 is 9.64 Å². The first-order valence-corrected chi connectivity index (χ1v) is 10.5. The summed E-state index contributed by atoms with van der Waals surface area (Å²) in [5.74, 6) is 0.755. The highest BCUT2D eigenvalue weighted by molar-refractivity contribution is 6.32. The maximum atomic E-state index is 11.5. The molecule has 0 bridgehead atoms. The summed E-state index contributed by atoms with van der Waals surface area (Å²) in [6.07, 6.45) is 5.61. The van der Waals surface area contributed by atoms with E-state index in [9.17, 15) is 10.1 Å². The fraction of sp³-hybridized carbons (Fsp3) is 0.476. The van der Waals surface area contributed by atoms with Gasteiger partial charge in [-0.2, -0.15) is 10.4 Å². The van der Waals surface area contributed by atoms with Gasteiger partial charge in [-0.3, -0.25) is 4.79 Å². The molecule has 0 radical (unpaired) electrons. The standard InChI is InChI=1S/C21H22Cl2N4O2/c1-13-16(9-24)17(22)4-5-18(13)29-15-7-21(8-15)11-27(12-21)6-2-3-14-10-25-26-20(28)19(14)23/h4-5,10,15H,2-3,6-8,11-12H2,1H3,(H,26,28). The second-order valence-corrected chi connectivity index (χ2v) is 8.94. The van der Waals surface area contributed by atoms with Crippen molar-refractivity contribution in [1.82, 2.24) is 15.1 Å². The summed E-state index contributed by atoms with van der Waals surface area (Å²) in [5, 5.41) is 16.1. The van der Waals surface area contributed by atoms with Gasteiger partial charge in [0.05, 0.1) is 22.9 Å². The van der Waals surface area contributed by atoms with Gasteiger partial charge in [0.25, 0.3) is 5.56 Å². The molecule has 1 aliphatic heterocycles. The van der Waals surface area contributed by atoms with Crippen molar-refractivity contribution in [3.63, 3.8) is 0 Å². The van der Waals surface area contributed by atoms with E-state index in [0.29, 0.717) is 16.0 Å². The van der Waals surface area contributed by atoms with Crippen LogP contribution in [0.2, 0.25) is 10.0 Å². The molecule has 1 N–H and O–H groups in total. The molecule has 2 aromatic rings. The fourth-order valence-electron chi connectivity index (χ4n) is 4.50. The van der Waals surface area contributed by atoms with Gasteiger partial charge in [-0.1, -0.05) is 23.2 Å². The molecule has 1 spiro atoms. The Morgan fingerprint density at radius 1 is 1.38 bits per heavy atom. The van der Waals surface area contributed by atoms with Crippen molar-refractivity contribution in [2.24, 2.45) is 5.41 Å². The number of hydrogen-bond acceptors (Lipinski definition) is 5. The third-order valence-electron chi connectivity index (χ3n) is 6.00. The highest BCUT2D eigenvalue weighted by Crippen LogP contribution is 2.50. The van der Waals surface area contributed by atoms with Gasteiger partial charge in [0.15, 0.2) is 0 Å². The van der Waals surface area contributed by atoms with Crippen LogP contribution in [0.15, 0.2) is 23.1 Å². The van der Waals surface area contributed by atoms with Crippen LogP contribution in [-0.2, 0) is 6.42 Å². The number of aromatic amines is 1.